The first-order valence-electron chi connectivity index (χ1n) is 35.7. The van der Waals surface area contributed by atoms with E-state index < -0.39 is 0 Å². The summed E-state index contributed by atoms with van der Waals surface area (Å²) in [6, 6.07) is 0. The van der Waals surface area contributed by atoms with E-state index in [4.69, 9.17) is 0 Å². The Bertz CT molecular complexity index is 1400. The molecule has 14 atom stereocenters. The summed E-state index contributed by atoms with van der Waals surface area (Å²) in [4.78, 5) is 0. The van der Waals surface area contributed by atoms with Gasteiger partial charge in [0.1, 0.15) is 0 Å². The largest absolute Gasteiger partial charge is 0.0533 e. The van der Waals surface area contributed by atoms with Gasteiger partial charge in [0.15, 0.2) is 0 Å². The molecule has 0 heterocycles. The van der Waals surface area contributed by atoms with Crippen LogP contribution in [0.1, 0.15) is 372 Å². The summed E-state index contributed by atoms with van der Waals surface area (Å²) < 4.78 is 0. The monoisotopic (exact) mass is 991 g/mol. The minimum Gasteiger partial charge on any atom is -0.0533 e. The summed E-state index contributed by atoms with van der Waals surface area (Å²) in [5, 5.41) is 0. The van der Waals surface area contributed by atoms with E-state index in [2.05, 4.69) is 0 Å². The molecule has 0 heteroatoms. The Morgan fingerprint density at radius 1 is 0.153 bits per heavy atom. The van der Waals surface area contributed by atoms with Gasteiger partial charge in [0.25, 0.3) is 0 Å². The molecule has 10 saturated carbocycles. The maximum absolute atomic E-state index is 1.70. The quantitative estimate of drug-likeness (QED) is 0.227. The van der Waals surface area contributed by atoms with Gasteiger partial charge in [0, 0.05) is 0 Å². The van der Waals surface area contributed by atoms with E-state index in [-0.39, 0.29) is 0 Å². The van der Waals surface area contributed by atoms with E-state index in [1.165, 1.54) is 0 Å². The summed E-state index contributed by atoms with van der Waals surface area (Å²) in [5.74, 6) is 10.3. The Labute approximate surface area is 451 Å². The van der Waals surface area contributed by atoms with Crippen molar-refractivity contribution in [1.29, 1.82) is 0 Å². The first kappa shape index (κ1) is 55.3. The highest BCUT2D eigenvalue weighted by atomic mass is 14.8. The molecule has 72 heavy (non-hydrogen) atoms. The minimum absolute atomic E-state index is 0.552. The van der Waals surface area contributed by atoms with Crippen LogP contribution < -0.4 is 0 Å². The number of hydrogen-bond acceptors (Lipinski definition) is 0. The molecule has 0 saturated heterocycles. The van der Waals surface area contributed by atoms with Crippen LogP contribution in [0.3, 0.4) is 0 Å². The second-order valence-electron chi connectivity index (χ2n) is 30.2. The predicted molar refractivity (Wildman–Crippen MR) is 312 cm³/mol. The molecule has 0 aromatic carbocycles. The lowest BCUT2D eigenvalue weighted by Gasteiger charge is -2.75. The zero-order valence-corrected chi connectivity index (χ0v) is 48.8. The van der Waals surface area contributed by atoms with Gasteiger partial charge in [-0.15, -0.1) is 0 Å². The Morgan fingerprint density at radius 2 is 0.403 bits per heavy atom. The van der Waals surface area contributed by atoms with Gasteiger partial charge in [-0.2, -0.15) is 0 Å². The molecule has 0 aromatic heterocycles. The number of hydrogen-bond donors (Lipinski definition) is 0. The smallest absolute Gasteiger partial charge is 0.0176 e. The van der Waals surface area contributed by atoms with Crippen LogP contribution in [0.5, 0.6) is 0 Å². The van der Waals surface area contributed by atoms with Crippen LogP contribution in [0, 0.1) is 80.8 Å². The molecule has 0 N–H and O–H groups in total. The van der Waals surface area contributed by atoms with Crippen molar-refractivity contribution < 1.29 is 0 Å². The SMILES string of the molecule is C1CCCCC2CCCC3CCC24CCCCCCCC(CCC1)C1CCCCCCCC42CCC3C3CCC24CCCCCCCC1C1CCCCCCCCC2CCCC3CCC24CCCCCCC1. The van der Waals surface area contributed by atoms with Crippen molar-refractivity contribution in [1.82, 2.24) is 0 Å². The summed E-state index contributed by atoms with van der Waals surface area (Å²) in [6.45, 7) is 0. The molecule has 0 aliphatic heterocycles. The molecule has 10 rings (SSSR count). The maximum Gasteiger partial charge on any atom is -0.0176 e. The molecule has 0 radical (unpaired) electrons. The molecule has 0 aromatic rings. The maximum atomic E-state index is 1.70. The van der Waals surface area contributed by atoms with E-state index >= 15 is 0 Å². The predicted octanol–water partition coefficient (Wildman–Crippen LogP) is 23.9. The molecule has 10 aliphatic carbocycles. The highest BCUT2D eigenvalue weighted by Crippen LogP contribution is 2.80. The van der Waals surface area contributed by atoms with Gasteiger partial charge >= 0.3 is 0 Å². The van der Waals surface area contributed by atoms with Gasteiger partial charge in [-0.1, -0.05) is 257 Å². The molecular formula is C72H126. The molecule has 12 bridgehead atoms. The Morgan fingerprint density at radius 3 is 0.778 bits per heavy atom. The molecule has 14 unspecified atom stereocenters. The fourth-order valence-corrected chi connectivity index (χ4v) is 24.2. The van der Waals surface area contributed by atoms with E-state index in [1.54, 1.807) is 372 Å². The van der Waals surface area contributed by atoms with Gasteiger partial charge in [-0.05, 0) is 196 Å². The van der Waals surface area contributed by atoms with Crippen molar-refractivity contribution in [3.05, 3.63) is 0 Å². The minimum atomic E-state index is 0.552. The third kappa shape index (κ3) is 12.2. The van der Waals surface area contributed by atoms with Crippen molar-refractivity contribution in [3.8, 4) is 0 Å². The van der Waals surface area contributed by atoms with Crippen molar-refractivity contribution in [2.24, 2.45) is 80.8 Å². The lowest BCUT2D eigenvalue weighted by molar-refractivity contribution is -0.259. The zero-order chi connectivity index (χ0) is 48.8. The van der Waals surface area contributed by atoms with Crippen molar-refractivity contribution in [2.45, 2.75) is 372 Å². The van der Waals surface area contributed by atoms with Crippen LogP contribution in [0.15, 0.2) is 0 Å². The number of rotatable bonds is 0. The average molecular weight is 992 g/mol. The molecule has 0 nitrogen and oxygen atoms in total. The van der Waals surface area contributed by atoms with Crippen molar-refractivity contribution in [3.63, 3.8) is 0 Å². The van der Waals surface area contributed by atoms with Gasteiger partial charge < -0.3 is 0 Å². The van der Waals surface area contributed by atoms with Crippen molar-refractivity contribution in [2.75, 3.05) is 0 Å². The zero-order valence-electron chi connectivity index (χ0n) is 48.8. The molecule has 414 valence electrons. The van der Waals surface area contributed by atoms with E-state index in [9.17, 15) is 0 Å². The van der Waals surface area contributed by atoms with Crippen LogP contribution in [-0.4, -0.2) is 0 Å². The van der Waals surface area contributed by atoms with Gasteiger partial charge in [0.05, 0.1) is 0 Å². The van der Waals surface area contributed by atoms with Crippen LogP contribution in [0.25, 0.3) is 0 Å². The second kappa shape index (κ2) is 27.7. The summed E-state index contributed by atoms with van der Waals surface area (Å²) in [6.07, 6.45) is 92.8. The number of fused-ring (bicyclic) bond motifs is 42. The summed E-state index contributed by atoms with van der Waals surface area (Å²) in [5.41, 5.74) is 2.26. The Hall–Kier alpha value is 0. The summed E-state index contributed by atoms with van der Waals surface area (Å²) >= 11 is 0. The van der Waals surface area contributed by atoms with Crippen LogP contribution in [-0.2, 0) is 0 Å². The molecule has 0 amide bonds. The van der Waals surface area contributed by atoms with E-state index in [1.807, 2.05) is 0 Å². The first-order chi connectivity index (χ1) is 35.7. The molecule has 10 aliphatic rings. The van der Waals surface area contributed by atoms with Crippen molar-refractivity contribution >= 4 is 0 Å². The van der Waals surface area contributed by atoms with Gasteiger partial charge in [0.2, 0.25) is 0 Å². The van der Waals surface area contributed by atoms with Gasteiger partial charge in [-0.3, -0.25) is 0 Å². The molecule has 10 fully saturated rings. The van der Waals surface area contributed by atoms with E-state index in [0.29, 0.717) is 21.7 Å². The second-order valence-corrected chi connectivity index (χ2v) is 30.2. The third-order valence-electron chi connectivity index (χ3n) is 27.3. The van der Waals surface area contributed by atoms with Crippen LogP contribution >= 0.6 is 0 Å². The Kier molecular flexibility index (Phi) is 21.3. The van der Waals surface area contributed by atoms with Crippen LogP contribution in [0.4, 0.5) is 0 Å². The van der Waals surface area contributed by atoms with E-state index in [0.717, 1.165) is 59.2 Å². The van der Waals surface area contributed by atoms with Gasteiger partial charge in [-0.25, -0.2) is 0 Å². The highest BCUT2D eigenvalue weighted by Gasteiger charge is 2.71. The first-order valence-corrected chi connectivity index (χ1v) is 35.7. The van der Waals surface area contributed by atoms with Crippen LogP contribution in [0.2, 0.25) is 0 Å². The average Bonchev–Trinajstić information content (AvgIpc) is 3.36. The lowest BCUT2D eigenvalue weighted by Crippen LogP contribution is -2.67. The third-order valence-corrected chi connectivity index (χ3v) is 27.3. The highest BCUT2D eigenvalue weighted by molar-refractivity contribution is 5.20. The Balaban J connectivity index is 1.23. The standard InChI is InChI=1S/C72H126/c1-3-13-25-41-63-43-33-39-61-47-55-69(63)51-29-17-5-11-23-37-59(35-21-9-1)65-45-27-15-7-19-31-53-71(69)57-49-67(61)68-50-58-72(71)54-32-20-8-16-28-46-66(65)60-36-22-10-2-4-14-26-42-64-44-34-40-62(68)48-56-70(64,72)52-30-18-6-12-24-38-60/h59-68H,1-58H2. The molecular weight excluding hydrogens is 865 g/mol. The fraction of sp³-hybridized carbons (Fsp3) is 1.00. The molecule has 4 spiro atoms. The summed E-state index contributed by atoms with van der Waals surface area (Å²) in [7, 11) is 0. The fourth-order valence-electron chi connectivity index (χ4n) is 24.2. The topological polar surface area (TPSA) is 0 Å². The lowest BCUT2D eigenvalue weighted by atomic mass is 9.30. The normalized spacial score (nSPS) is 45.0.